The van der Waals surface area contributed by atoms with Crippen LogP contribution >= 0.6 is 0 Å². The van der Waals surface area contributed by atoms with E-state index in [1.54, 1.807) is 0 Å². The molecule has 0 spiro atoms. The quantitative estimate of drug-likeness (QED) is 0.739. The molecule has 0 bridgehead atoms. The lowest BCUT2D eigenvalue weighted by Crippen LogP contribution is -2.30. The number of benzene rings is 1. The number of aliphatic hydroxyl groups excluding tert-OH is 1. The first-order valence-electron chi connectivity index (χ1n) is 7.06. The van der Waals surface area contributed by atoms with Gasteiger partial charge in [0.15, 0.2) is 0 Å². The average Bonchev–Trinajstić information content (AvgIpc) is 2.36. The van der Waals surface area contributed by atoms with E-state index in [1.807, 2.05) is 30.3 Å². The molecule has 2 heteroatoms. The highest BCUT2D eigenvalue weighted by molar-refractivity contribution is 5.17. The maximum absolute atomic E-state index is 10.0. The molecule has 0 aliphatic carbocycles. The molecule has 2 N–H and O–H groups in total. The minimum Gasteiger partial charge on any atom is -0.387 e. The molecular formula is C16H27NO. The van der Waals surface area contributed by atoms with Crippen LogP contribution in [0.1, 0.15) is 51.7 Å². The van der Waals surface area contributed by atoms with Gasteiger partial charge in [0, 0.05) is 12.6 Å². The van der Waals surface area contributed by atoms with E-state index in [1.165, 1.54) is 19.3 Å². The zero-order chi connectivity index (χ0) is 13.4. The van der Waals surface area contributed by atoms with Crippen molar-refractivity contribution in [2.45, 2.75) is 52.2 Å². The summed E-state index contributed by atoms with van der Waals surface area (Å²) in [5.41, 5.74) is 0.986. The van der Waals surface area contributed by atoms with Gasteiger partial charge in [0.2, 0.25) is 0 Å². The van der Waals surface area contributed by atoms with Gasteiger partial charge >= 0.3 is 0 Å². The lowest BCUT2D eigenvalue weighted by atomic mass is 10.0. The van der Waals surface area contributed by atoms with Crippen LogP contribution in [0.25, 0.3) is 0 Å². The van der Waals surface area contributed by atoms with Gasteiger partial charge in [-0.15, -0.1) is 0 Å². The fourth-order valence-corrected chi connectivity index (χ4v) is 2.04. The van der Waals surface area contributed by atoms with Gasteiger partial charge in [-0.05, 0) is 24.8 Å². The van der Waals surface area contributed by atoms with Gasteiger partial charge in [0.1, 0.15) is 0 Å². The molecule has 1 aromatic carbocycles. The van der Waals surface area contributed by atoms with Crippen molar-refractivity contribution < 1.29 is 5.11 Å². The van der Waals surface area contributed by atoms with Crippen LogP contribution in [0.2, 0.25) is 0 Å². The van der Waals surface area contributed by atoms with Crippen LogP contribution in [0.3, 0.4) is 0 Å². The van der Waals surface area contributed by atoms with Crippen molar-refractivity contribution in [3.05, 3.63) is 35.9 Å². The third kappa shape index (κ3) is 6.18. The van der Waals surface area contributed by atoms with Gasteiger partial charge in [-0.2, -0.15) is 0 Å². The number of nitrogens with one attached hydrogen (secondary N) is 1. The van der Waals surface area contributed by atoms with Crippen LogP contribution in [0.4, 0.5) is 0 Å². The normalized spacial score (nSPS) is 14.7. The molecule has 102 valence electrons. The first-order chi connectivity index (χ1) is 8.59. The summed E-state index contributed by atoms with van der Waals surface area (Å²) in [6.07, 6.45) is 3.32. The minimum absolute atomic E-state index is 0.404. The van der Waals surface area contributed by atoms with Crippen LogP contribution in [-0.4, -0.2) is 17.7 Å². The van der Waals surface area contributed by atoms with Crippen LogP contribution in [0.5, 0.6) is 0 Å². The molecule has 0 aliphatic rings. The van der Waals surface area contributed by atoms with E-state index in [4.69, 9.17) is 0 Å². The van der Waals surface area contributed by atoms with Crippen molar-refractivity contribution in [2.75, 3.05) is 6.54 Å². The third-order valence-electron chi connectivity index (χ3n) is 3.26. The number of rotatable bonds is 8. The van der Waals surface area contributed by atoms with E-state index in [9.17, 15) is 5.11 Å². The molecule has 1 rings (SSSR count). The highest BCUT2D eigenvalue weighted by Gasteiger charge is 2.08. The maximum atomic E-state index is 10.0. The van der Waals surface area contributed by atoms with E-state index in [0.29, 0.717) is 12.6 Å². The first kappa shape index (κ1) is 15.2. The van der Waals surface area contributed by atoms with Crippen molar-refractivity contribution in [1.29, 1.82) is 0 Å². The maximum Gasteiger partial charge on any atom is 0.0914 e. The summed E-state index contributed by atoms with van der Waals surface area (Å²) < 4.78 is 0. The summed E-state index contributed by atoms with van der Waals surface area (Å²) in [5.74, 6) is 0.784. The van der Waals surface area contributed by atoms with Crippen molar-refractivity contribution in [3.63, 3.8) is 0 Å². The number of hydrogen-bond donors (Lipinski definition) is 2. The van der Waals surface area contributed by atoms with Crippen molar-refractivity contribution >= 4 is 0 Å². The van der Waals surface area contributed by atoms with Crippen LogP contribution in [0.15, 0.2) is 30.3 Å². The molecule has 0 amide bonds. The Hall–Kier alpha value is -0.860. The van der Waals surface area contributed by atoms with E-state index in [0.717, 1.165) is 11.5 Å². The second-order valence-electron chi connectivity index (χ2n) is 5.56. The lowest BCUT2D eigenvalue weighted by molar-refractivity contribution is 0.169. The van der Waals surface area contributed by atoms with Gasteiger partial charge in [0.05, 0.1) is 6.10 Å². The van der Waals surface area contributed by atoms with Gasteiger partial charge in [-0.1, -0.05) is 57.0 Å². The molecule has 0 fully saturated rings. The Kier molecular flexibility index (Phi) is 6.99. The predicted octanol–water partition coefficient (Wildman–Crippen LogP) is 3.52. The van der Waals surface area contributed by atoms with Crippen LogP contribution in [-0.2, 0) is 0 Å². The standard InChI is InChI=1S/C16H27NO/c1-13(2)8-7-9-14(3)17-12-16(18)15-10-5-4-6-11-15/h4-6,10-11,13-14,16-18H,7-9,12H2,1-3H3/t14-,16+/m1/s1. The van der Waals surface area contributed by atoms with Gasteiger partial charge < -0.3 is 10.4 Å². The fourth-order valence-electron chi connectivity index (χ4n) is 2.04. The van der Waals surface area contributed by atoms with Crippen molar-refractivity contribution in [1.82, 2.24) is 5.32 Å². The Morgan fingerprint density at radius 2 is 1.72 bits per heavy atom. The van der Waals surface area contributed by atoms with Crippen LogP contribution < -0.4 is 5.32 Å². The summed E-state index contributed by atoms with van der Waals surface area (Å²) in [5, 5.41) is 13.4. The molecule has 18 heavy (non-hydrogen) atoms. The molecular weight excluding hydrogens is 222 g/mol. The van der Waals surface area contributed by atoms with Gasteiger partial charge in [-0.25, -0.2) is 0 Å². The van der Waals surface area contributed by atoms with Crippen molar-refractivity contribution in [2.24, 2.45) is 5.92 Å². The Bertz CT molecular complexity index is 310. The Morgan fingerprint density at radius 3 is 2.33 bits per heavy atom. The Balaban J connectivity index is 2.20. The highest BCUT2D eigenvalue weighted by atomic mass is 16.3. The molecule has 0 aliphatic heterocycles. The van der Waals surface area contributed by atoms with Gasteiger partial charge in [-0.3, -0.25) is 0 Å². The molecule has 0 saturated carbocycles. The smallest absolute Gasteiger partial charge is 0.0914 e. The Morgan fingerprint density at radius 1 is 1.06 bits per heavy atom. The number of hydrogen-bond acceptors (Lipinski definition) is 2. The molecule has 1 aromatic rings. The van der Waals surface area contributed by atoms with E-state index < -0.39 is 6.10 Å². The first-order valence-corrected chi connectivity index (χ1v) is 7.06. The number of aliphatic hydroxyl groups is 1. The van der Waals surface area contributed by atoms with E-state index in [2.05, 4.69) is 26.1 Å². The van der Waals surface area contributed by atoms with E-state index in [-0.39, 0.29) is 0 Å². The molecule has 2 atom stereocenters. The minimum atomic E-state index is -0.404. The summed E-state index contributed by atoms with van der Waals surface area (Å²) in [6.45, 7) is 7.35. The fraction of sp³-hybridized carbons (Fsp3) is 0.625. The zero-order valence-electron chi connectivity index (χ0n) is 11.9. The molecule has 0 heterocycles. The highest BCUT2D eigenvalue weighted by Crippen LogP contribution is 2.12. The summed E-state index contributed by atoms with van der Waals surface area (Å²) in [7, 11) is 0. The summed E-state index contributed by atoms with van der Waals surface area (Å²) in [4.78, 5) is 0. The third-order valence-corrected chi connectivity index (χ3v) is 3.26. The zero-order valence-corrected chi connectivity index (χ0v) is 11.9. The molecule has 0 aromatic heterocycles. The SMILES string of the molecule is CC(C)CCC[C@@H](C)NC[C@H](O)c1ccccc1. The lowest BCUT2D eigenvalue weighted by Gasteiger charge is -2.17. The average molecular weight is 249 g/mol. The second kappa shape index (κ2) is 8.28. The predicted molar refractivity (Wildman–Crippen MR) is 77.6 cm³/mol. The monoisotopic (exact) mass is 249 g/mol. The topological polar surface area (TPSA) is 32.3 Å². The summed E-state index contributed by atoms with van der Waals surface area (Å²) in [6, 6.07) is 10.3. The molecule has 0 unspecified atom stereocenters. The van der Waals surface area contributed by atoms with Crippen LogP contribution in [0, 0.1) is 5.92 Å². The Labute approximate surface area is 111 Å². The largest absolute Gasteiger partial charge is 0.387 e. The molecule has 0 radical (unpaired) electrons. The second-order valence-corrected chi connectivity index (χ2v) is 5.56. The van der Waals surface area contributed by atoms with E-state index >= 15 is 0 Å². The van der Waals surface area contributed by atoms with Gasteiger partial charge in [0.25, 0.3) is 0 Å². The summed E-state index contributed by atoms with van der Waals surface area (Å²) >= 11 is 0. The molecule has 0 saturated heterocycles. The van der Waals surface area contributed by atoms with Crippen molar-refractivity contribution in [3.8, 4) is 0 Å². The molecule has 2 nitrogen and oxygen atoms in total.